The molecule has 0 bridgehead atoms. The Morgan fingerprint density at radius 2 is 2.18 bits per heavy atom. The second-order valence-corrected chi connectivity index (χ2v) is 4.41. The summed E-state index contributed by atoms with van der Waals surface area (Å²) in [7, 11) is 0. The van der Waals surface area contributed by atoms with Gasteiger partial charge in [-0.3, -0.25) is 4.79 Å². The monoisotopic (exact) mass is 238 g/mol. The number of hydrogen-bond donors (Lipinski definition) is 1. The third-order valence-electron chi connectivity index (χ3n) is 1.83. The number of carbonyl (C=O) groups is 2. The summed E-state index contributed by atoms with van der Waals surface area (Å²) in [6.45, 7) is 5.70. The molecule has 0 fully saturated rings. The molecular formula is C11H14N2O4. The number of aromatic carboxylic acids is 1. The predicted molar refractivity (Wildman–Crippen MR) is 58.9 cm³/mol. The van der Waals surface area contributed by atoms with Gasteiger partial charge >= 0.3 is 5.97 Å². The van der Waals surface area contributed by atoms with E-state index in [1.165, 1.54) is 6.20 Å². The zero-order valence-corrected chi connectivity index (χ0v) is 9.93. The standard InChI is InChI=1S/C11H14N2O4/c1-11(2,3)17-6-8-12-4-7(5-14)9(13-8)10(15)16/h4-5H,6H2,1-3H3,(H,15,16). The number of nitrogens with zero attached hydrogens (tertiary/aromatic N) is 2. The van der Waals surface area contributed by atoms with Crippen LogP contribution in [0.15, 0.2) is 6.20 Å². The minimum absolute atomic E-state index is 0.0444. The Balaban J connectivity index is 2.93. The molecule has 0 saturated heterocycles. The average Bonchev–Trinajstić information content (AvgIpc) is 2.25. The maximum atomic E-state index is 10.8. The number of carboxylic acid groups (broad SMARTS) is 1. The van der Waals surface area contributed by atoms with Crippen LogP contribution < -0.4 is 0 Å². The van der Waals surface area contributed by atoms with Crippen molar-refractivity contribution in [3.05, 3.63) is 23.3 Å². The first-order valence-corrected chi connectivity index (χ1v) is 5.02. The van der Waals surface area contributed by atoms with E-state index in [1.54, 1.807) is 0 Å². The van der Waals surface area contributed by atoms with Gasteiger partial charge in [0.15, 0.2) is 17.8 Å². The van der Waals surface area contributed by atoms with E-state index in [9.17, 15) is 9.59 Å². The third kappa shape index (κ3) is 3.92. The fourth-order valence-corrected chi connectivity index (χ4v) is 1.04. The quantitative estimate of drug-likeness (QED) is 0.795. The van der Waals surface area contributed by atoms with Crippen molar-refractivity contribution in [2.45, 2.75) is 33.0 Å². The van der Waals surface area contributed by atoms with Gasteiger partial charge in [-0.2, -0.15) is 0 Å². The summed E-state index contributed by atoms with van der Waals surface area (Å²) in [5, 5.41) is 8.86. The van der Waals surface area contributed by atoms with E-state index in [1.807, 2.05) is 20.8 Å². The lowest BCUT2D eigenvalue weighted by atomic mass is 10.2. The highest BCUT2D eigenvalue weighted by Gasteiger charge is 2.15. The Labute approximate surface area is 98.7 Å². The van der Waals surface area contributed by atoms with Gasteiger partial charge in [0.1, 0.15) is 6.61 Å². The van der Waals surface area contributed by atoms with Crippen molar-refractivity contribution in [2.75, 3.05) is 0 Å². The highest BCUT2D eigenvalue weighted by Crippen LogP contribution is 2.10. The molecule has 1 N–H and O–H groups in total. The number of ether oxygens (including phenoxy) is 1. The molecule has 1 aromatic rings. The molecule has 1 heterocycles. The van der Waals surface area contributed by atoms with E-state index < -0.39 is 5.97 Å². The van der Waals surface area contributed by atoms with Crippen molar-refractivity contribution < 1.29 is 19.4 Å². The number of carboxylic acids is 1. The van der Waals surface area contributed by atoms with E-state index in [4.69, 9.17) is 9.84 Å². The molecule has 1 rings (SSSR count). The molecule has 0 aliphatic rings. The second kappa shape index (κ2) is 5.01. The molecule has 0 saturated carbocycles. The van der Waals surface area contributed by atoms with Gasteiger partial charge in [0.25, 0.3) is 0 Å². The summed E-state index contributed by atoms with van der Waals surface area (Å²) in [4.78, 5) is 29.1. The number of aldehydes is 1. The largest absolute Gasteiger partial charge is 0.476 e. The molecule has 0 radical (unpaired) electrons. The molecule has 0 atom stereocenters. The van der Waals surface area contributed by atoms with Gasteiger partial charge in [0.05, 0.1) is 11.2 Å². The van der Waals surface area contributed by atoms with E-state index in [2.05, 4.69) is 9.97 Å². The topological polar surface area (TPSA) is 89.4 Å². The first-order valence-electron chi connectivity index (χ1n) is 5.02. The molecule has 6 nitrogen and oxygen atoms in total. The van der Waals surface area contributed by atoms with Crippen LogP contribution in [0.2, 0.25) is 0 Å². The summed E-state index contributed by atoms with van der Waals surface area (Å²) >= 11 is 0. The lowest BCUT2D eigenvalue weighted by Gasteiger charge is -2.18. The van der Waals surface area contributed by atoms with Crippen LogP contribution in [-0.4, -0.2) is 32.9 Å². The van der Waals surface area contributed by atoms with E-state index in [-0.39, 0.29) is 29.3 Å². The summed E-state index contributed by atoms with van der Waals surface area (Å²) in [6, 6.07) is 0. The van der Waals surface area contributed by atoms with Crippen molar-refractivity contribution in [1.82, 2.24) is 9.97 Å². The molecule has 92 valence electrons. The fourth-order valence-electron chi connectivity index (χ4n) is 1.04. The summed E-state index contributed by atoms with van der Waals surface area (Å²) in [6.07, 6.45) is 1.60. The van der Waals surface area contributed by atoms with E-state index in [0.29, 0.717) is 6.29 Å². The normalized spacial score (nSPS) is 11.2. The molecule has 1 aromatic heterocycles. The van der Waals surface area contributed by atoms with Gasteiger partial charge in [-0.1, -0.05) is 0 Å². The smallest absolute Gasteiger partial charge is 0.355 e. The molecule has 0 aliphatic heterocycles. The lowest BCUT2D eigenvalue weighted by molar-refractivity contribution is -0.0182. The number of hydrogen-bond acceptors (Lipinski definition) is 5. The molecule has 0 aromatic carbocycles. The minimum atomic E-state index is -1.26. The van der Waals surface area contributed by atoms with Gasteiger partial charge in [0, 0.05) is 6.20 Å². The van der Waals surface area contributed by atoms with Crippen molar-refractivity contribution in [1.29, 1.82) is 0 Å². The van der Waals surface area contributed by atoms with Crippen LogP contribution in [0.1, 0.15) is 47.4 Å². The molecular weight excluding hydrogens is 224 g/mol. The van der Waals surface area contributed by atoms with Gasteiger partial charge in [-0.05, 0) is 20.8 Å². The van der Waals surface area contributed by atoms with Crippen molar-refractivity contribution in [3.8, 4) is 0 Å². The number of aromatic nitrogens is 2. The van der Waals surface area contributed by atoms with Crippen LogP contribution in [-0.2, 0) is 11.3 Å². The zero-order chi connectivity index (χ0) is 13.1. The Bertz CT molecular complexity index is 438. The first kappa shape index (κ1) is 13.2. The van der Waals surface area contributed by atoms with E-state index >= 15 is 0 Å². The first-order chi connectivity index (χ1) is 7.83. The van der Waals surface area contributed by atoms with Crippen LogP contribution >= 0.6 is 0 Å². The zero-order valence-electron chi connectivity index (χ0n) is 9.93. The molecule has 0 aliphatic carbocycles. The molecule has 6 heteroatoms. The average molecular weight is 238 g/mol. The number of carbonyl (C=O) groups excluding carboxylic acids is 1. The summed E-state index contributed by atoms with van der Waals surface area (Å²) in [5.41, 5.74) is -0.713. The maximum Gasteiger partial charge on any atom is 0.355 e. The second-order valence-electron chi connectivity index (χ2n) is 4.41. The Kier molecular flexibility index (Phi) is 3.90. The van der Waals surface area contributed by atoms with Crippen molar-refractivity contribution in [2.24, 2.45) is 0 Å². The van der Waals surface area contributed by atoms with Crippen LogP contribution in [0.3, 0.4) is 0 Å². The minimum Gasteiger partial charge on any atom is -0.476 e. The summed E-state index contributed by atoms with van der Waals surface area (Å²) in [5.74, 6) is -1.02. The van der Waals surface area contributed by atoms with Gasteiger partial charge in [0.2, 0.25) is 0 Å². The Morgan fingerprint density at radius 3 is 2.65 bits per heavy atom. The molecule has 0 spiro atoms. The molecule has 0 amide bonds. The third-order valence-corrected chi connectivity index (χ3v) is 1.83. The predicted octanol–water partition coefficient (Wildman–Crippen LogP) is 1.30. The fraction of sp³-hybridized carbons (Fsp3) is 0.455. The van der Waals surface area contributed by atoms with Gasteiger partial charge in [-0.15, -0.1) is 0 Å². The highest BCUT2D eigenvalue weighted by atomic mass is 16.5. The van der Waals surface area contributed by atoms with Crippen molar-refractivity contribution >= 4 is 12.3 Å². The SMILES string of the molecule is CC(C)(C)OCc1ncc(C=O)c(C(=O)O)n1. The van der Waals surface area contributed by atoms with Crippen LogP contribution in [0.5, 0.6) is 0 Å². The Morgan fingerprint density at radius 1 is 1.53 bits per heavy atom. The maximum absolute atomic E-state index is 10.8. The van der Waals surface area contributed by atoms with Crippen LogP contribution in [0, 0.1) is 0 Å². The van der Waals surface area contributed by atoms with Crippen LogP contribution in [0.25, 0.3) is 0 Å². The molecule has 0 unspecified atom stereocenters. The lowest BCUT2D eigenvalue weighted by Crippen LogP contribution is -2.20. The highest BCUT2D eigenvalue weighted by molar-refractivity contribution is 5.94. The van der Waals surface area contributed by atoms with Crippen LogP contribution in [0.4, 0.5) is 0 Å². The van der Waals surface area contributed by atoms with Gasteiger partial charge in [-0.25, -0.2) is 14.8 Å². The van der Waals surface area contributed by atoms with Gasteiger partial charge < -0.3 is 9.84 Å². The van der Waals surface area contributed by atoms with E-state index in [0.717, 1.165) is 0 Å². The Hall–Kier alpha value is -1.82. The van der Waals surface area contributed by atoms with Crippen molar-refractivity contribution in [3.63, 3.8) is 0 Å². The number of rotatable bonds is 4. The summed E-state index contributed by atoms with van der Waals surface area (Å²) < 4.78 is 5.42. The molecule has 17 heavy (non-hydrogen) atoms.